The van der Waals surface area contributed by atoms with Crippen LogP contribution in [0.4, 0.5) is 24.5 Å². The molecule has 2 aromatic heterocycles. The van der Waals surface area contributed by atoms with Gasteiger partial charge in [-0.2, -0.15) is 5.26 Å². The number of nitriles is 1. The number of pyridine rings is 1. The second-order valence-electron chi connectivity index (χ2n) is 10.5. The number of alkyl halides is 2. The zero-order valence-corrected chi connectivity index (χ0v) is 23.8. The quantitative estimate of drug-likeness (QED) is 0.168. The highest BCUT2D eigenvalue weighted by Crippen LogP contribution is 2.48. The minimum atomic E-state index is -2.65. The van der Waals surface area contributed by atoms with Crippen molar-refractivity contribution >= 4 is 33.9 Å². The van der Waals surface area contributed by atoms with E-state index < -0.39 is 23.8 Å². The largest absolute Gasteiger partial charge is 0.377 e. The first-order chi connectivity index (χ1) is 21.2. The Bertz CT molecular complexity index is 1860. The zero-order chi connectivity index (χ0) is 31.1. The van der Waals surface area contributed by atoms with E-state index in [4.69, 9.17) is 11.6 Å². The second kappa shape index (κ2) is 11.6. The van der Waals surface area contributed by atoms with Gasteiger partial charge >= 0.3 is 0 Å². The van der Waals surface area contributed by atoms with Crippen LogP contribution >= 0.6 is 11.6 Å². The Morgan fingerprint density at radius 2 is 1.84 bits per heavy atom. The molecular weight excluding hydrogens is 575 g/mol. The first kappa shape index (κ1) is 27.2. The summed E-state index contributed by atoms with van der Waals surface area (Å²) in [6.07, 6.45) is 1.36. The third-order valence-electron chi connectivity index (χ3n) is 7.75. The summed E-state index contributed by atoms with van der Waals surface area (Å²) in [6, 6.07) is 18.6. The van der Waals surface area contributed by atoms with Gasteiger partial charge in [0.2, 0.25) is 0 Å². The summed E-state index contributed by atoms with van der Waals surface area (Å²) in [5, 5.41) is 25.5. The van der Waals surface area contributed by atoms with Gasteiger partial charge in [0, 0.05) is 17.3 Å². The molecule has 6 rings (SSSR count). The molecule has 0 amide bonds. The number of nitrogens with zero attached hydrogens (tertiary/aromatic N) is 5. The Hall–Kier alpha value is -4.62. The number of halogens is 4. The standard InChI is InChI=1S/C32H27ClF3N7/c1-2-26(19-6-4-3-5-7-19)40-28-21(16-37)17-38-30-24(28)14-23(15-25(30)33)39-29(20-8-10-22(34)11-9-20)27-18-43(42-41-27)32(12-13-32)31(35)36/h3-11,14-15,17-18,26,29,31,39H,2,12-13H2,1H3,(H,38,40)/t26-,29?/m1/s1/i29D. The first-order valence-electron chi connectivity index (χ1n) is 14.3. The Kier molecular flexibility index (Phi) is 7.33. The van der Waals surface area contributed by atoms with E-state index in [0.717, 1.165) is 16.7 Å². The van der Waals surface area contributed by atoms with E-state index in [1.807, 2.05) is 37.3 Å². The fraction of sp³-hybridized carbons (Fsp3) is 0.250. The predicted octanol–water partition coefficient (Wildman–Crippen LogP) is 8.01. The summed E-state index contributed by atoms with van der Waals surface area (Å²) >= 11 is 6.73. The number of hydrogen-bond donors (Lipinski definition) is 2. The van der Waals surface area contributed by atoms with Crippen LogP contribution in [-0.2, 0) is 5.54 Å². The van der Waals surface area contributed by atoms with Crippen LogP contribution < -0.4 is 10.6 Å². The van der Waals surface area contributed by atoms with Crippen molar-refractivity contribution in [3.05, 3.63) is 112 Å². The molecule has 0 radical (unpaired) electrons. The first-order valence-corrected chi connectivity index (χ1v) is 14.2. The number of rotatable bonds is 10. The summed E-state index contributed by atoms with van der Waals surface area (Å²) in [6.45, 7) is 2.03. The van der Waals surface area contributed by atoms with Crippen molar-refractivity contribution in [1.29, 1.82) is 5.26 Å². The molecule has 3 aromatic carbocycles. The van der Waals surface area contributed by atoms with Gasteiger partial charge in [0.15, 0.2) is 0 Å². The molecule has 11 heteroatoms. The topological polar surface area (TPSA) is 91.5 Å². The van der Waals surface area contributed by atoms with Crippen LogP contribution in [0.1, 0.15) is 62.0 Å². The van der Waals surface area contributed by atoms with Gasteiger partial charge in [-0.3, -0.25) is 4.98 Å². The molecule has 1 aliphatic carbocycles. The van der Waals surface area contributed by atoms with Crippen molar-refractivity contribution in [1.82, 2.24) is 20.0 Å². The van der Waals surface area contributed by atoms with Crippen LogP contribution in [0.25, 0.3) is 10.9 Å². The SMILES string of the molecule is [2H]C(Nc1cc(Cl)c2ncc(C#N)c(N[C@H](CC)c3ccccc3)c2c1)(c1ccc(F)cc1)c1cn(C2(C(F)F)CC2)nn1. The van der Waals surface area contributed by atoms with Crippen LogP contribution in [-0.4, -0.2) is 26.4 Å². The monoisotopic (exact) mass is 602 g/mol. The third kappa shape index (κ3) is 5.48. The van der Waals surface area contributed by atoms with Crippen molar-refractivity contribution in [2.45, 2.75) is 50.2 Å². The van der Waals surface area contributed by atoms with Crippen molar-refractivity contribution in [3.63, 3.8) is 0 Å². The van der Waals surface area contributed by atoms with E-state index in [2.05, 4.69) is 32.0 Å². The number of anilines is 2. The molecule has 1 fully saturated rings. The van der Waals surface area contributed by atoms with Gasteiger partial charge in [-0.05, 0) is 54.7 Å². The summed E-state index contributed by atoms with van der Waals surface area (Å²) < 4.78 is 52.3. The molecule has 0 saturated heterocycles. The lowest BCUT2D eigenvalue weighted by Gasteiger charge is -2.22. The van der Waals surface area contributed by atoms with Crippen LogP contribution in [0.5, 0.6) is 0 Å². The molecule has 43 heavy (non-hydrogen) atoms. The molecule has 2 atom stereocenters. The van der Waals surface area contributed by atoms with Gasteiger partial charge in [0.05, 0.1) is 41.4 Å². The molecule has 5 aromatic rings. The van der Waals surface area contributed by atoms with E-state index in [9.17, 15) is 19.8 Å². The summed E-state index contributed by atoms with van der Waals surface area (Å²) in [5.41, 5.74) is 1.54. The van der Waals surface area contributed by atoms with Crippen LogP contribution in [0, 0.1) is 17.1 Å². The minimum absolute atomic E-state index is 0.0321. The molecular formula is C32H27ClF3N7. The molecule has 0 spiro atoms. The molecule has 1 aliphatic rings. The molecule has 7 nitrogen and oxygen atoms in total. The summed E-state index contributed by atoms with van der Waals surface area (Å²) in [4.78, 5) is 4.43. The van der Waals surface area contributed by atoms with Crippen molar-refractivity contribution < 1.29 is 14.5 Å². The van der Waals surface area contributed by atoms with Gasteiger partial charge in [-0.25, -0.2) is 17.9 Å². The molecule has 0 aliphatic heterocycles. The van der Waals surface area contributed by atoms with Gasteiger partial charge in [0.25, 0.3) is 6.43 Å². The summed E-state index contributed by atoms with van der Waals surface area (Å²) in [7, 11) is 0. The highest BCUT2D eigenvalue weighted by molar-refractivity contribution is 6.35. The zero-order valence-electron chi connectivity index (χ0n) is 24.0. The second-order valence-corrected chi connectivity index (χ2v) is 10.9. The van der Waals surface area contributed by atoms with E-state index in [1.54, 1.807) is 12.1 Å². The van der Waals surface area contributed by atoms with Crippen LogP contribution in [0.2, 0.25) is 5.02 Å². The van der Waals surface area contributed by atoms with Crippen molar-refractivity contribution in [2.75, 3.05) is 10.6 Å². The number of aromatic nitrogens is 4. The van der Waals surface area contributed by atoms with Crippen molar-refractivity contribution in [2.24, 2.45) is 0 Å². The lowest BCUT2D eigenvalue weighted by molar-refractivity contribution is 0.0593. The highest BCUT2D eigenvalue weighted by atomic mass is 35.5. The Morgan fingerprint density at radius 3 is 2.49 bits per heavy atom. The molecule has 2 heterocycles. The van der Waals surface area contributed by atoms with E-state index in [-0.39, 0.29) is 29.6 Å². The maximum Gasteiger partial charge on any atom is 0.263 e. The van der Waals surface area contributed by atoms with E-state index in [1.165, 1.54) is 36.7 Å². The van der Waals surface area contributed by atoms with E-state index in [0.29, 0.717) is 33.4 Å². The lowest BCUT2D eigenvalue weighted by Crippen LogP contribution is -2.26. The normalized spacial score (nSPS) is 16.3. The van der Waals surface area contributed by atoms with Crippen LogP contribution in [0.3, 0.4) is 0 Å². The summed E-state index contributed by atoms with van der Waals surface area (Å²) in [5.74, 6) is -0.502. The fourth-order valence-electron chi connectivity index (χ4n) is 5.17. The van der Waals surface area contributed by atoms with Gasteiger partial charge < -0.3 is 10.6 Å². The average Bonchev–Trinajstić information content (AvgIpc) is 3.69. The molecule has 218 valence electrons. The van der Waals surface area contributed by atoms with Gasteiger partial charge in [-0.15, -0.1) is 5.10 Å². The minimum Gasteiger partial charge on any atom is -0.377 e. The Labute approximate surface area is 252 Å². The maximum atomic E-state index is 13.9. The molecule has 0 bridgehead atoms. The molecule has 1 saturated carbocycles. The average molecular weight is 603 g/mol. The Morgan fingerprint density at radius 1 is 1.09 bits per heavy atom. The molecule has 1 unspecified atom stereocenters. The smallest absolute Gasteiger partial charge is 0.263 e. The number of hydrogen-bond acceptors (Lipinski definition) is 6. The number of benzene rings is 3. The highest BCUT2D eigenvalue weighted by Gasteiger charge is 2.54. The Balaban J connectivity index is 1.46. The number of fused-ring (bicyclic) bond motifs is 1. The molecule has 2 N–H and O–H groups in total. The third-order valence-corrected chi connectivity index (χ3v) is 8.04. The van der Waals surface area contributed by atoms with E-state index >= 15 is 0 Å². The van der Waals surface area contributed by atoms with Crippen molar-refractivity contribution in [3.8, 4) is 6.07 Å². The maximum absolute atomic E-state index is 13.9. The van der Waals surface area contributed by atoms with Crippen LogP contribution in [0.15, 0.2) is 79.1 Å². The number of nitrogens with one attached hydrogen (secondary N) is 2. The van der Waals surface area contributed by atoms with Gasteiger partial charge in [-0.1, -0.05) is 66.2 Å². The lowest BCUT2D eigenvalue weighted by atomic mass is 10.0. The van der Waals surface area contributed by atoms with Gasteiger partial charge in [0.1, 0.15) is 23.1 Å². The predicted molar refractivity (Wildman–Crippen MR) is 160 cm³/mol. The fourth-order valence-corrected chi connectivity index (χ4v) is 5.44.